The van der Waals surface area contributed by atoms with Gasteiger partial charge in [0.05, 0.1) is 18.8 Å². The molecule has 1 N–H and O–H groups in total. The molecule has 0 radical (unpaired) electrons. The fourth-order valence-electron chi connectivity index (χ4n) is 1.38. The van der Waals surface area contributed by atoms with Gasteiger partial charge in [-0.3, -0.25) is 0 Å². The normalized spacial score (nSPS) is 12.6. The van der Waals surface area contributed by atoms with Gasteiger partial charge < -0.3 is 9.84 Å². The summed E-state index contributed by atoms with van der Waals surface area (Å²) in [6.07, 6.45) is -0.332. The molecule has 1 aromatic rings. The van der Waals surface area contributed by atoms with E-state index >= 15 is 0 Å². The molecule has 0 amide bonds. The highest BCUT2D eigenvalue weighted by atomic mass is 19.1. The molecule has 3 heteroatoms. The van der Waals surface area contributed by atoms with Gasteiger partial charge in [-0.05, 0) is 25.0 Å². The van der Waals surface area contributed by atoms with Crippen molar-refractivity contribution in [3.63, 3.8) is 0 Å². The molecule has 0 aliphatic rings. The third-order valence-corrected chi connectivity index (χ3v) is 2.27. The van der Waals surface area contributed by atoms with Gasteiger partial charge in [-0.2, -0.15) is 0 Å². The van der Waals surface area contributed by atoms with Gasteiger partial charge in [0.1, 0.15) is 11.6 Å². The second-order valence-corrected chi connectivity index (χ2v) is 3.24. The van der Waals surface area contributed by atoms with Gasteiger partial charge in [0, 0.05) is 0 Å². The highest BCUT2D eigenvalue weighted by molar-refractivity contribution is 5.39. The van der Waals surface area contributed by atoms with Gasteiger partial charge >= 0.3 is 0 Å². The monoisotopic (exact) mass is 198 g/mol. The minimum Gasteiger partial charge on any atom is -0.496 e. The zero-order valence-corrected chi connectivity index (χ0v) is 8.67. The summed E-state index contributed by atoms with van der Waals surface area (Å²) < 4.78 is 18.7. The third kappa shape index (κ3) is 1.87. The molecule has 0 aliphatic heterocycles. The lowest BCUT2D eigenvalue weighted by molar-refractivity contribution is 0.164. The molecule has 14 heavy (non-hydrogen) atoms. The zero-order chi connectivity index (χ0) is 10.7. The first-order valence-corrected chi connectivity index (χ1v) is 4.62. The molecule has 1 rings (SSSR count). The van der Waals surface area contributed by atoms with E-state index in [1.165, 1.54) is 7.11 Å². The minimum atomic E-state index is -0.801. The number of aliphatic hydroxyl groups excluding tert-OH is 1. The van der Waals surface area contributed by atoms with Crippen molar-refractivity contribution in [1.82, 2.24) is 0 Å². The van der Waals surface area contributed by atoms with Crippen molar-refractivity contribution in [2.24, 2.45) is 0 Å². The molecule has 0 aliphatic carbocycles. The van der Waals surface area contributed by atoms with Crippen molar-refractivity contribution in [2.75, 3.05) is 7.11 Å². The molecule has 0 aromatic heterocycles. The van der Waals surface area contributed by atoms with E-state index in [0.717, 1.165) is 0 Å². The smallest absolute Gasteiger partial charge is 0.135 e. The van der Waals surface area contributed by atoms with Crippen molar-refractivity contribution in [2.45, 2.75) is 26.4 Å². The number of halogens is 1. The number of aliphatic hydroxyl groups is 1. The third-order valence-electron chi connectivity index (χ3n) is 2.27. The van der Waals surface area contributed by atoms with Crippen LogP contribution in [0, 0.1) is 12.7 Å². The van der Waals surface area contributed by atoms with Crippen molar-refractivity contribution in [3.8, 4) is 5.75 Å². The molecular weight excluding hydrogens is 183 g/mol. The molecule has 1 atom stereocenters. The molecule has 0 bridgehead atoms. The second-order valence-electron chi connectivity index (χ2n) is 3.24. The lowest BCUT2D eigenvalue weighted by atomic mass is 10.0. The van der Waals surface area contributed by atoms with Crippen molar-refractivity contribution in [3.05, 3.63) is 29.1 Å². The number of benzene rings is 1. The van der Waals surface area contributed by atoms with Gasteiger partial charge in [-0.1, -0.05) is 13.0 Å². The lowest BCUT2D eigenvalue weighted by Crippen LogP contribution is -2.04. The molecular formula is C11H15FO2. The van der Waals surface area contributed by atoms with Crippen molar-refractivity contribution >= 4 is 0 Å². The average molecular weight is 198 g/mol. The van der Waals surface area contributed by atoms with Crippen LogP contribution < -0.4 is 4.74 Å². The van der Waals surface area contributed by atoms with E-state index in [0.29, 0.717) is 17.7 Å². The highest BCUT2D eigenvalue weighted by Gasteiger charge is 2.18. The van der Waals surface area contributed by atoms with Crippen LogP contribution >= 0.6 is 0 Å². The van der Waals surface area contributed by atoms with Crippen LogP contribution in [-0.4, -0.2) is 12.2 Å². The summed E-state index contributed by atoms with van der Waals surface area (Å²) >= 11 is 0. The second kappa shape index (κ2) is 4.42. The van der Waals surface area contributed by atoms with E-state index in [-0.39, 0.29) is 11.4 Å². The maximum atomic E-state index is 13.6. The Morgan fingerprint density at radius 3 is 2.64 bits per heavy atom. The Kier molecular flexibility index (Phi) is 3.47. The van der Waals surface area contributed by atoms with E-state index in [4.69, 9.17) is 4.74 Å². The number of rotatable bonds is 3. The molecule has 1 unspecified atom stereocenters. The summed E-state index contributed by atoms with van der Waals surface area (Å²) in [5, 5.41) is 9.63. The average Bonchev–Trinajstić information content (AvgIpc) is 2.20. The van der Waals surface area contributed by atoms with Crippen molar-refractivity contribution in [1.29, 1.82) is 0 Å². The Morgan fingerprint density at radius 1 is 1.50 bits per heavy atom. The summed E-state index contributed by atoms with van der Waals surface area (Å²) in [4.78, 5) is 0. The van der Waals surface area contributed by atoms with Crippen LogP contribution in [0.5, 0.6) is 5.75 Å². The number of ether oxygens (including phenoxy) is 1. The standard InChI is InChI=1S/C11H15FO2/c1-4-8(13)10-9(14-3)6-5-7(2)11(10)12/h5-6,8,13H,4H2,1-3H3. The van der Waals surface area contributed by atoms with Crippen LogP contribution in [-0.2, 0) is 0 Å². The van der Waals surface area contributed by atoms with Crippen LogP contribution in [0.15, 0.2) is 12.1 Å². The first-order chi connectivity index (χ1) is 6.61. The Bertz CT molecular complexity index is 323. The Balaban J connectivity index is 3.27. The Morgan fingerprint density at radius 2 is 2.14 bits per heavy atom. The molecule has 0 fully saturated rings. The van der Waals surface area contributed by atoms with Gasteiger partial charge in [0.15, 0.2) is 0 Å². The number of hydrogen-bond acceptors (Lipinski definition) is 2. The summed E-state index contributed by atoms with van der Waals surface area (Å²) in [7, 11) is 1.47. The quantitative estimate of drug-likeness (QED) is 0.808. The SMILES string of the molecule is CCC(O)c1c(OC)ccc(C)c1F. The van der Waals surface area contributed by atoms with Gasteiger partial charge in [-0.15, -0.1) is 0 Å². The number of hydrogen-bond donors (Lipinski definition) is 1. The van der Waals surface area contributed by atoms with Crippen LogP contribution in [0.1, 0.15) is 30.6 Å². The molecule has 0 heterocycles. The maximum absolute atomic E-state index is 13.6. The minimum absolute atomic E-state index is 0.259. The van der Waals surface area contributed by atoms with Crippen LogP contribution in [0.4, 0.5) is 4.39 Å². The summed E-state index contributed by atoms with van der Waals surface area (Å²) in [6, 6.07) is 3.31. The Labute approximate surface area is 83.3 Å². The summed E-state index contributed by atoms with van der Waals surface area (Å²) in [6.45, 7) is 3.46. The first-order valence-electron chi connectivity index (χ1n) is 4.62. The number of methoxy groups -OCH3 is 1. The van der Waals surface area contributed by atoms with Crippen LogP contribution in [0.3, 0.4) is 0 Å². The largest absolute Gasteiger partial charge is 0.496 e. The van der Waals surface area contributed by atoms with Gasteiger partial charge in [0.2, 0.25) is 0 Å². The fourth-order valence-corrected chi connectivity index (χ4v) is 1.38. The predicted molar refractivity (Wildman–Crippen MR) is 52.9 cm³/mol. The molecule has 0 saturated heterocycles. The van der Waals surface area contributed by atoms with E-state index in [1.54, 1.807) is 26.0 Å². The maximum Gasteiger partial charge on any atom is 0.135 e. The van der Waals surface area contributed by atoms with Gasteiger partial charge in [0.25, 0.3) is 0 Å². The van der Waals surface area contributed by atoms with E-state index in [2.05, 4.69) is 0 Å². The van der Waals surface area contributed by atoms with E-state index in [9.17, 15) is 9.50 Å². The molecule has 1 aromatic carbocycles. The van der Waals surface area contributed by atoms with Crippen molar-refractivity contribution < 1.29 is 14.2 Å². The van der Waals surface area contributed by atoms with E-state index in [1.807, 2.05) is 0 Å². The molecule has 0 spiro atoms. The fraction of sp³-hybridized carbons (Fsp3) is 0.455. The van der Waals surface area contributed by atoms with E-state index < -0.39 is 6.10 Å². The zero-order valence-electron chi connectivity index (χ0n) is 8.67. The first kappa shape index (κ1) is 11.0. The Hall–Kier alpha value is -1.09. The summed E-state index contributed by atoms with van der Waals surface area (Å²) in [5.41, 5.74) is 0.781. The molecule has 78 valence electrons. The molecule has 0 saturated carbocycles. The number of aryl methyl sites for hydroxylation is 1. The predicted octanol–water partition coefficient (Wildman–Crippen LogP) is 2.59. The topological polar surface area (TPSA) is 29.5 Å². The van der Waals surface area contributed by atoms with Crippen LogP contribution in [0.2, 0.25) is 0 Å². The molecule has 2 nitrogen and oxygen atoms in total. The van der Waals surface area contributed by atoms with Gasteiger partial charge in [-0.25, -0.2) is 4.39 Å². The van der Waals surface area contributed by atoms with Crippen LogP contribution in [0.25, 0.3) is 0 Å². The highest BCUT2D eigenvalue weighted by Crippen LogP contribution is 2.31. The lowest BCUT2D eigenvalue weighted by Gasteiger charge is -2.15. The summed E-state index contributed by atoms with van der Waals surface area (Å²) in [5.74, 6) is 0.0288.